The molecule has 2 atom stereocenters. The van der Waals surface area contributed by atoms with Crippen molar-refractivity contribution in [2.24, 2.45) is 0 Å². The molecule has 1 aliphatic heterocycles. The van der Waals surface area contributed by atoms with Gasteiger partial charge in [-0.15, -0.1) is 0 Å². The lowest BCUT2D eigenvalue weighted by Gasteiger charge is -2.14. The number of rotatable bonds is 2. The maximum absolute atomic E-state index is 9.44. The number of β-amino-alcohol motifs (C(OH)–C–C–N with tert-alkyl or cyclic N) is 2. The van der Waals surface area contributed by atoms with E-state index in [1.54, 1.807) is 6.20 Å². The number of nitrogens with zero attached hydrogens (tertiary/aromatic N) is 2. The molecule has 0 bridgehead atoms. The van der Waals surface area contributed by atoms with Gasteiger partial charge in [0.05, 0.1) is 24.9 Å². The van der Waals surface area contributed by atoms with E-state index in [2.05, 4.69) is 25.8 Å². The summed E-state index contributed by atoms with van der Waals surface area (Å²) in [5.41, 5.74) is -0.0463. The molecule has 1 aromatic rings. The third kappa shape index (κ3) is 2.86. The first kappa shape index (κ1) is 12.5. The second-order valence-corrected chi connectivity index (χ2v) is 5.70. The predicted octanol–water partition coefficient (Wildman–Crippen LogP) is 0.509. The number of hydrogen-bond acceptors (Lipinski definition) is 5. The Morgan fingerprint density at radius 1 is 1.35 bits per heavy atom. The molecule has 0 saturated carbocycles. The van der Waals surface area contributed by atoms with Crippen LogP contribution in [0.2, 0.25) is 0 Å². The van der Waals surface area contributed by atoms with Gasteiger partial charge >= 0.3 is 0 Å². The third-order valence-corrected chi connectivity index (χ3v) is 2.99. The van der Waals surface area contributed by atoms with Crippen molar-refractivity contribution in [2.75, 3.05) is 13.1 Å². The summed E-state index contributed by atoms with van der Waals surface area (Å²) < 4.78 is 5.66. The third-order valence-electron chi connectivity index (χ3n) is 2.99. The molecular formula is C12H20N2O3. The molecule has 2 N–H and O–H groups in total. The monoisotopic (exact) mass is 240 g/mol. The fourth-order valence-electron chi connectivity index (χ4n) is 1.90. The molecule has 0 aromatic carbocycles. The van der Waals surface area contributed by atoms with Crippen LogP contribution in [-0.4, -0.2) is 45.4 Å². The van der Waals surface area contributed by atoms with Crippen LogP contribution in [0.3, 0.4) is 0 Å². The minimum atomic E-state index is -0.660. The van der Waals surface area contributed by atoms with Gasteiger partial charge in [0.15, 0.2) is 0 Å². The van der Waals surface area contributed by atoms with Gasteiger partial charge in [-0.25, -0.2) is 4.98 Å². The molecule has 1 aromatic heterocycles. The Hall–Kier alpha value is -0.910. The minimum Gasteiger partial charge on any atom is -0.444 e. The van der Waals surface area contributed by atoms with E-state index in [1.165, 1.54) is 0 Å². The van der Waals surface area contributed by atoms with Crippen LogP contribution in [0.15, 0.2) is 10.6 Å². The Balaban J connectivity index is 1.98. The number of aromatic nitrogens is 1. The average molecular weight is 240 g/mol. The maximum atomic E-state index is 9.44. The highest BCUT2D eigenvalue weighted by molar-refractivity contribution is 5.06. The van der Waals surface area contributed by atoms with E-state index in [4.69, 9.17) is 4.42 Å². The van der Waals surface area contributed by atoms with Crippen molar-refractivity contribution < 1.29 is 14.6 Å². The molecule has 5 nitrogen and oxygen atoms in total. The molecule has 0 spiro atoms. The number of oxazole rings is 1. The maximum Gasteiger partial charge on any atom is 0.208 e. The van der Waals surface area contributed by atoms with Crippen molar-refractivity contribution in [1.29, 1.82) is 0 Å². The summed E-state index contributed by atoms with van der Waals surface area (Å²) in [6, 6.07) is 0. The van der Waals surface area contributed by atoms with E-state index in [9.17, 15) is 10.2 Å². The first-order chi connectivity index (χ1) is 7.86. The van der Waals surface area contributed by atoms with Crippen molar-refractivity contribution in [1.82, 2.24) is 9.88 Å². The van der Waals surface area contributed by atoms with E-state index >= 15 is 0 Å². The Labute approximate surface area is 101 Å². The van der Waals surface area contributed by atoms with Gasteiger partial charge in [-0.2, -0.15) is 0 Å². The summed E-state index contributed by atoms with van der Waals surface area (Å²) in [6.07, 6.45) is 0.428. The van der Waals surface area contributed by atoms with Crippen molar-refractivity contribution in [3.05, 3.63) is 17.8 Å². The lowest BCUT2D eigenvalue weighted by molar-refractivity contribution is 0.0572. The molecule has 5 heteroatoms. The average Bonchev–Trinajstić information content (AvgIpc) is 2.75. The molecule has 96 valence electrons. The van der Waals surface area contributed by atoms with Crippen LogP contribution >= 0.6 is 0 Å². The minimum absolute atomic E-state index is 0.0463. The molecular weight excluding hydrogens is 220 g/mol. The van der Waals surface area contributed by atoms with Gasteiger partial charge in [0.25, 0.3) is 0 Å². The van der Waals surface area contributed by atoms with Crippen molar-refractivity contribution in [2.45, 2.75) is 44.9 Å². The van der Waals surface area contributed by atoms with Crippen molar-refractivity contribution in [3.8, 4) is 0 Å². The molecule has 1 aliphatic rings. The molecule has 1 fully saturated rings. The van der Waals surface area contributed by atoms with E-state index in [0.29, 0.717) is 25.5 Å². The van der Waals surface area contributed by atoms with E-state index < -0.39 is 12.2 Å². The van der Waals surface area contributed by atoms with E-state index in [0.717, 1.165) is 5.76 Å². The normalized spacial score (nSPS) is 26.6. The van der Waals surface area contributed by atoms with Crippen LogP contribution in [0.25, 0.3) is 0 Å². The zero-order chi connectivity index (χ0) is 12.6. The zero-order valence-corrected chi connectivity index (χ0v) is 10.6. The smallest absolute Gasteiger partial charge is 0.208 e. The first-order valence-electron chi connectivity index (χ1n) is 5.90. The highest BCUT2D eigenvalue weighted by Crippen LogP contribution is 2.23. The summed E-state index contributed by atoms with van der Waals surface area (Å²) in [5, 5.41) is 18.9. The lowest BCUT2D eigenvalue weighted by Crippen LogP contribution is -2.22. The van der Waals surface area contributed by atoms with Gasteiger partial charge in [0.2, 0.25) is 5.89 Å². The molecule has 0 unspecified atom stereocenters. The fourth-order valence-corrected chi connectivity index (χ4v) is 1.90. The summed E-state index contributed by atoms with van der Waals surface area (Å²) >= 11 is 0. The van der Waals surface area contributed by atoms with Gasteiger partial charge in [-0.3, -0.25) is 4.90 Å². The molecule has 17 heavy (non-hydrogen) atoms. The molecule has 0 radical (unpaired) electrons. The Morgan fingerprint density at radius 3 is 2.41 bits per heavy atom. The summed E-state index contributed by atoms with van der Waals surface area (Å²) in [7, 11) is 0. The quantitative estimate of drug-likeness (QED) is 0.788. The number of likely N-dealkylation sites (tertiary alicyclic amines) is 1. The zero-order valence-electron chi connectivity index (χ0n) is 10.6. The second kappa shape index (κ2) is 4.40. The molecule has 1 saturated heterocycles. The van der Waals surface area contributed by atoms with Gasteiger partial charge in [0.1, 0.15) is 5.76 Å². The molecule has 0 amide bonds. The number of aliphatic hydroxyl groups excluding tert-OH is 2. The van der Waals surface area contributed by atoms with Crippen LogP contribution < -0.4 is 0 Å². The van der Waals surface area contributed by atoms with Crippen LogP contribution in [0.4, 0.5) is 0 Å². The van der Waals surface area contributed by atoms with Crippen LogP contribution in [0, 0.1) is 0 Å². The molecule has 2 heterocycles. The van der Waals surface area contributed by atoms with Crippen molar-refractivity contribution in [3.63, 3.8) is 0 Å². The Morgan fingerprint density at radius 2 is 1.94 bits per heavy atom. The highest BCUT2D eigenvalue weighted by atomic mass is 16.4. The standard InChI is InChI=1S/C12H20N2O3/c1-12(2,3)10-4-13-11(17-10)7-14-5-8(15)9(16)6-14/h4,8-9,15-16H,5-7H2,1-3H3/t8-,9+. The number of hydrogen-bond donors (Lipinski definition) is 2. The SMILES string of the molecule is CC(C)(C)c1cnc(CN2C[C@@H](O)[C@@H](O)C2)o1. The van der Waals surface area contributed by atoms with Gasteiger partial charge in [-0.1, -0.05) is 20.8 Å². The topological polar surface area (TPSA) is 69.7 Å². The largest absolute Gasteiger partial charge is 0.444 e. The number of aliphatic hydroxyl groups is 2. The predicted molar refractivity (Wildman–Crippen MR) is 62.5 cm³/mol. The lowest BCUT2D eigenvalue weighted by atomic mass is 9.94. The summed E-state index contributed by atoms with van der Waals surface area (Å²) in [6.45, 7) is 7.68. The second-order valence-electron chi connectivity index (χ2n) is 5.70. The highest BCUT2D eigenvalue weighted by Gasteiger charge is 2.30. The van der Waals surface area contributed by atoms with Crippen LogP contribution in [0.1, 0.15) is 32.4 Å². The first-order valence-corrected chi connectivity index (χ1v) is 5.90. The fraction of sp³-hybridized carbons (Fsp3) is 0.750. The van der Waals surface area contributed by atoms with Gasteiger partial charge in [-0.05, 0) is 0 Å². The van der Waals surface area contributed by atoms with Gasteiger partial charge < -0.3 is 14.6 Å². The van der Waals surface area contributed by atoms with Crippen LogP contribution in [0.5, 0.6) is 0 Å². The van der Waals surface area contributed by atoms with Crippen LogP contribution in [-0.2, 0) is 12.0 Å². The Bertz CT molecular complexity index is 373. The Kier molecular flexibility index (Phi) is 3.25. The van der Waals surface area contributed by atoms with Crippen molar-refractivity contribution >= 4 is 0 Å². The van der Waals surface area contributed by atoms with Gasteiger partial charge in [0, 0.05) is 18.5 Å². The summed E-state index contributed by atoms with van der Waals surface area (Å²) in [4.78, 5) is 6.16. The van der Waals surface area contributed by atoms with E-state index in [-0.39, 0.29) is 5.41 Å². The summed E-state index contributed by atoms with van der Waals surface area (Å²) in [5.74, 6) is 1.49. The molecule has 2 rings (SSSR count). The molecule has 0 aliphatic carbocycles. The van der Waals surface area contributed by atoms with E-state index in [1.807, 2.05) is 4.90 Å².